The third-order valence-electron chi connectivity index (χ3n) is 5.07. The monoisotopic (exact) mass is 307 g/mol. The van der Waals surface area contributed by atoms with Crippen molar-refractivity contribution in [2.45, 2.75) is 76.8 Å². The number of hydrogen-bond donors (Lipinski definition) is 1. The minimum absolute atomic E-state index is 0.492. The lowest BCUT2D eigenvalue weighted by Gasteiger charge is -2.26. The van der Waals surface area contributed by atoms with Gasteiger partial charge in [-0.05, 0) is 38.6 Å². The molecule has 0 spiro atoms. The highest BCUT2D eigenvalue weighted by atomic mass is 32.1. The Morgan fingerprint density at radius 1 is 1.14 bits per heavy atom. The second-order valence-electron chi connectivity index (χ2n) is 6.56. The van der Waals surface area contributed by atoms with Gasteiger partial charge in [0.25, 0.3) is 0 Å². The molecule has 1 heterocycles. The van der Waals surface area contributed by atoms with E-state index in [4.69, 9.17) is 4.98 Å². The van der Waals surface area contributed by atoms with Crippen LogP contribution in [0.25, 0.3) is 0 Å². The molecule has 2 aliphatic carbocycles. The molecule has 0 aromatic carbocycles. The minimum Gasteiger partial charge on any atom is -0.348 e. The zero-order valence-electron chi connectivity index (χ0n) is 13.5. The molecule has 1 saturated carbocycles. The smallest absolute Gasteiger partial charge is 0.185 e. The van der Waals surface area contributed by atoms with Crippen LogP contribution in [0.4, 0.5) is 5.13 Å². The average molecular weight is 308 g/mol. The van der Waals surface area contributed by atoms with Crippen LogP contribution in [0.3, 0.4) is 0 Å². The Bertz CT molecular complexity index is 449. The van der Waals surface area contributed by atoms with Gasteiger partial charge < -0.3 is 10.2 Å². The normalized spacial score (nSPS) is 23.6. The maximum atomic E-state index is 5.04. The summed E-state index contributed by atoms with van der Waals surface area (Å²) in [6.45, 7) is 3.23. The van der Waals surface area contributed by atoms with Crippen molar-refractivity contribution < 1.29 is 0 Å². The summed E-state index contributed by atoms with van der Waals surface area (Å²) in [6, 6.07) is 1.20. The van der Waals surface area contributed by atoms with Gasteiger partial charge in [-0.15, -0.1) is 11.3 Å². The van der Waals surface area contributed by atoms with E-state index in [0.29, 0.717) is 12.1 Å². The lowest BCUT2D eigenvalue weighted by Crippen LogP contribution is -2.31. The Kier molecular flexibility index (Phi) is 5.17. The van der Waals surface area contributed by atoms with E-state index in [0.717, 1.165) is 6.54 Å². The van der Waals surface area contributed by atoms with Crippen LogP contribution in [0.2, 0.25) is 0 Å². The largest absolute Gasteiger partial charge is 0.348 e. The molecule has 1 unspecified atom stereocenters. The van der Waals surface area contributed by atoms with E-state index in [1.807, 2.05) is 11.3 Å². The van der Waals surface area contributed by atoms with Gasteiger partial charge in [0.05, 0.1) is 11.7 Å². The highest BCUT2D eigenvalue weighted by Crippen LogP contribution is 2.37. The van der Waals surface area contributed by atoms with Crippen molar-refractivity contribution in [2.75, 3.05) is 18.5 Å². The van der Waals surface area contributed by atoms with Crippen molar-refractivity contribution in [3.05, 3.63) is 10.6 Å². The molecular formula is C17H29N3S. The zero-order chi connectivity index (χ0) is 14.7. The number of fused-ring (bicyclic) bond motifs is 1. The number of aromatic nitrogens is 1. The van der Waals surface area contributed by atoms with Crippen molar-refractivity contribution in [1.29, 1.82) is 0 Å². The molecule has 0 amide bonds. The summed E-state index contributed by atoms with van der Waals surface area (Å²) in [5, 5.41) is 4.87. The van der Waals surface area contributed by atoms with Gasteiger partial charge in [0.2, 0.25) is 0 Å². The summed E-state index contributed by atoms with van der Waals surface area (Å²) in [5.41, 5.74) is 1.35. The van der Waals surface area contributed by atoms with Crippen molar-refractivity contribution in [2.24, 2.45) is 0 Å². The second kappa shape index (κ2) is 7.10. The molecular weight excluding hydrogens is 278 g/mol. The first-order valence-electron chi connectivity index (χ1n) is 8.75. The number of nitrogens with zero attached hydrogens (tertiary/aromatic N) is 2. The van der Waals surface area contributed by atoms with Gasteiger partial charge in [-0.3, -0.25) is 0 Å². The molecule has 3 nitrogen and oxygen atoms in total. The summed E-state index contributed by atoms with van der Waals surface area (Å²) in [6.07, 6.45) is 12.1. The summed E-state index contributed by atoms with van der Waals surface area (Å²) >= 11 is 1.95. The van der Waals surface area contributed by atoms with Crippen LogP contribution in [-0.4, -0.2) is 24.6 Å². The van der Waals surface area contributed by atoms with Crippen LogP contribution < -0.4 is 10.2 Å². The predicted molar refractivity (Wildman–Crippen MR) is 91.4 cm³/mol. The predicted octanol–water partition coefficient (Wildman–Crippen LogP) is 4.29. The van der Waals surface area contributed by atoms with Crippen LogP contribution in [-0.2, 0) is 6.42 Å². The molecule has 0 bridgehead atoms. The van der Waals surface area contributed by atoms with Crippen LogP contribution in [0.1, 0.15) is 74.9 Å². The van der Waals surface area contributed by atoms with Crippen LogP contribution >= 0.6 is 11.3 Å². The molecule has 3 rings (SSSR count). The van der Waals surface area contributed by atoms with Crippen molar-refractivity contribution in [1.82, 2.24) is 10.3 Å². The maximum Gasteiger partial charge on any atom is 0.185 e. The molecule has 1 N–H and O–H groups in total. The number of hydrogen-bond acceptors (Lipinski definition) is 4. The summed E-state index contributed by atoms with van der Waals surface area (Å²) in [4.78, 5) is 9.05. The quantitative estimate of drug-likeness (QED) is 0.841. The highest BCUT2D eigenvalue weighted by Gasteiger charge is 2.27. The standard InChI is InChI=1S/C17H29N3S/c1-3-18-14-11-8-12-15-16(14)19-17(21-15)20(2)13-9-6-4-5-7-10-13/h13-14,18H,3-12H2,1-2H3. The fourth-order valence-corrected chi connectivity index (χ4v) is 5.00. The topological polar surface area (TPSA) is 28.2 Å². The Balaban J connectivity index is 1.76. The molecule has 1 aromatic rings. The van der Waals surface area contributed by atoms with E-state index in [-0.39, 0.29) is 0 Å². The van der Waals surface area contributed by atoms with Crippen molar-refractivity contribution in [3.8, 4) is 0 Å². The molecule has 1 atom stereocenters. The Morgan fingerprint density at radius 3 is 2.62 bits per heavy atom. The molecule has 0 radical (unpaired) electrons. The molecule has 2 aliphatic rings. The van der Waals surface area contributed by atoms with Crippen LogP contribution in [0.5, 0.6) is 0 Å². The first kappa shape index (κ1) is 15.3. The van der Waals surface area contributed by atoms with Crippen molar-refractivity contribution >= 4 is 16.5 Å². The zero-order valence-corrected chi connectivity index (χ0v) is 14.3. The van der Waals surface area contributed by atoms with Crippen LogP contribution in [0.15, 0.2) is 0 Å². The summed E-state index contributed by atoms with van der Waals surface area (Å²) in [5.74, 6) is 0. The number of nitrogens with one attached hydrogen (secondary N) is 1. The Labute approximate surface area is 133 Å². The fraction of sp³-hybridized carbons (Fsp3) is 0.824. The van der Waals surface area contributed by atoms with E-state index in [2.05, 4.69) is 24.2 Å². The maximum absolute atomic E-state index is 5.04. The molecule has 0 aliphatic heterocycles. The number of rotatable bonds is 4. The van der Waals surface area contributed by atoms with Gasteiger partial charge in [0, 0.05) is 18.0 Å². The molecule has 1 fully saturated rings. The van der Waals surface area contributed by atoms with E-state index in [1.165, 1.54) is 73.5 Å². The summed E-state index contributed by atoms with van der Waals surface area (Å²) < 4.78 is 0. The van der Waals surface area contributed by atoms with E-state index >= 15 is 0 Å². The van der Waals surface area contributed by atoms with Gasteiger partial charge in [-0.25, -0.2) is 4.98 Å². The molecule has 118 valence electrons. The van der Waals surface area contributed by atoms with Gasteiger partial charge in [0.1, 0.15) is 0 Å². The average Bonchev–Trinajstić information content (AvgIpc) is 2.75. The fourth-order valence-electron chi connectivity index (χ4n) is 3.80. The Hall–Kier alpha value is -0.610. The van der Waals surface area contributed by atoms with Gasteiger partial charge >= 0.3 is 0 Å². The lowest BCUT2D eigenvalue weighted by molar-refractivity contribution is 0.464. The highest BCUT2D eigenvalue weighted by molar-refractivity contribution is 7.15. The van der Waals surface area contributed by atoms with E-state index in [9.17, 15) is 0 Å². The van der Waals surface area contributed by atoms with E-state index < -0.39 is 0 Å². The third kappa shape index (κ3) is 3.42. The molecule has 0 saturated heterocycles. The van der Waals surface area contributed by atoms with Crippen LogP contribution in [0, 0.1) is 0 Å². The number of thiazole rings is 1. The lowest BCUT2D eigenvalue weighted by atomic mass is 9.98. The second-order valence-corrected chi connectivity index (χ2v) is 7.63. The SMILES string of the molecule is CCNC1CCCc2sc(N(C)C3CCCCCC3)nc21. The first-order chi connectivity index (χ1) is 10.3. The number of aryl methyl sites for hydroxylation is 1. The number of anilines is 1. The summed E-state index contributed by atoms with van der Waals surface area (Å²) in [7, 11) is 2.27. The molecule has 1 aromatic heterocycles. The first-order valence-corrected chi connectivity index (χ1v) is 9.57. The van der Waals surface area contributed by atoms with Gasteiger partial charge in [-0.2, -0.15) is 0 Å². The third-order valence-corrected chi connectivity index (χ3v) is 6.29. The van der Waals surface area contributed by atoms with Gasteiger partial charge in [-0.1, -0.05) is 32.6 Å². The molecule has 4 heteroatoms. The van der Waals surface area contributed by atoms with Gasteiger partial charge in [0.15, 0.2) is 5.13 Å². The molecule has 21 heavy (non-hydrogen) atoms. The van der Waals surface area contributed by atoms with E-state index in [1.54, 1.807) is 0 Å². The minimum atomic E-state index is 0.492. The van der Waals surface area contributed by atoms with Crippen molar-refractivity contribution in [3.63, 3.8) is 0 Å². The Morgan fingerprint density at radius 2 is 1.90 bits per heavy atom.